The van der Waals surface area contributed by atoms with Gasteiger partial charge in [-0.3, -0.25) is 4.55 Å². The molecule has 0 radical (unpaired) electrons. The average Bonchev–Trinajstić information content (AvgIpc) is 3.21. The smallest absolute Gasteiger partial charge is 0.371 e. The van der Waals surface area contributed by atoms with Crippen LogP contribution in [0.25, 0.3) is 0 Å². The first-order valence-electron chi connectivity index (χ1n) is 17.7. The largest absolute Gasteiger partial charge is 0.446 e. The Hall–Kier alpha value is -1.24. The van der Waals surface area contributed by atoms with Gasteiger partial charge >= 0.3 is 20.5 Å². The zero-order chi connectivity index (χ0) is 34.2. The molecule has 2 N–H and O–H groups in total. The summed E-state index contributed by atoms with van der Waals surface area (Å²) >= 11 is 0. The summed E-state index contributed by atoms with van der Waals surface area (Å²) in [6, 6.07) is 2.46. The fourth-order valence-electron chi connectivity index (χ4n) is 13.9. The highest BCUT2D eigenvalue weighted by Gasteiger charge is 2.69. The molecule has 10 atom stereocenters. The third-order valence-corrected chi connectivity index (χ3v) is 17.2. The van der Waals surface area contributed by atoms with Crippen LogP contribution in [0.5, 0.6) is 5.75 Å². The standard InChI is InChI=1S/C36H54O9S2/c1-31(2)15-8-16-36(7)25(31)11-18-34(5)27-12-17-33(4)26(32(27,3)20-14-29(34)43-36)13-19-35(6)28(33)21-22-23(44-47(40,41)42)9-10-24(30(22)35)46(38,39)45-37/h9-10,25-29,37H,8,11-21H2,1-7H3,(H,40,41,42)/t25-,26+,27+,28-,29-,32+,33+,34-,35-,36-/m0/s1. The van der Waals surface area contributed by atoms with Gasteiger partial charge in [0.15, 0.2) is 0 Å². The van der Waals surface area contributed by atoms with Gasteiger partial charge in [0.2, 0.25) is 0 Å². The molecule has 4 saturated carbocycles. The van der Waals surface area contributed by atoms with Gasteiger partial charge in [-0.05, 0) is 146 Å². The summed E-state index contributed by atoms with van der Waals surface area (Å²) in [4.78, 5) is -0.175. The van der Waals surface area contributed by atoms with E-state index in [0.29, 0.717) is 41.7 Å². The molecule has 0 unspecified atom stereocenters. The Morgan fingerprint density at radius 1 is 0.745 bits per heavy atom. The molecule has 0 bridgehead atoms. The van der Waals surface area contributed by atoms with Crippen LogP contribution in [0.2, 0.25) is 0 Å². The number of hydrogen-bond acceptors (Lipinski definition) is 8. The van der Waals surface area contributed by atoms with Crippen molar-refractivity contribution in [3.8, 4) is 5.75 Å². The lowest BCUT2D eigenvalue weighted by Crippen LogP contribution is -2.64. The monoisotopic (exact) mass is 694 g/mol. The lowest BCUT2D eigenvalue weighted by molar-refractivity contribution is -0.240. The lowest BCUT2D eigenvalue weighted by Gasteiger charge is -2.69. The van der Waals surface area contributed by atoms with E-state index in [1.165, 1.54) is 37.8 Å². The molecule has 6 aliphatic rings. The van der Waals surface area contributed by atoms with Crippen LogP contribution in [0.1, 0.15) is 130 Å². The van der Waals surface area contributed by atoms with Gasteiger partial charge in [0.05, 0.1) is 11.7 Å². The molecule has 1 aliphatic heterocycles. The van der Waals surface area contributed by atoms with Crippen LogP contribution in [0.3, 0.4) is 0 Å². The van der Waals surface area contributed by atoms with Gasteiger partial charge in [0.25, 0.3) is 0 Å². The SMILES string of the molecule is CC1(C)CCC[C@]2(C)O[C@H]3CC[C@@]4(C)[C@@H](CC[C@]5(C)[C@@H]4CC[C@]4(C)c6c(S(=O)(=O)OO)ccc(OS(=O)(=O)O)c6C[C@@H]54)[C@]3(C)CC[C@@H]12. The van der Waals surface area contributed by atoms with Crippen LogP contribution in [-0.4, -0.2) is 38.4 Å². The van der Waals surface area contributed by atoms with Crippen molar-refractivity contribution in [1.29, 1.82) is 0 Å². The maximum atomic E-state index is 13.0. The first kappa shape index (κ1) is 34.2. The molecule has 264 valence electrons. The third-order valence-electron chi connectivity index (χ3n) is 15.7. The van der Waals surface area contributed by atoms with E-state index in [-0.39, 0.29) is 49.9 Å². The molecule has 7 rings (SSSR count). The maximum absolute atomic E-state index is 13.0. The number of hydrogen-bond donors (Lipinski definition) is 2. The molecule has 11 heteroatoms. The van der Waals surface area contributed by atoms with Gasteiger partial charge in [-0.2, -0.15) is 16.8 Å². The Bertz CT molecular complexity index is 1690. The molecule has 47 heavy (non-hydrogen) atoms. The van der Waals surface area contributed by atoms with Crippen molar-refractivity contribution >= 4 is 20.5 Å². The highest BCUT2D eigenvalue weighted by atomic mass is 32.3. The van der Waals surface area contributed by atoms with Crippen LogP contribution in [-0.2, 0) is 41.4 Å². The van der Waals surface area contributed by atoms with Crippen molar-refractivity contribution < 1.29 is 39.9 Å². The molecule has 9 nitrogen and oxygen atoms in total. The second kappa shape index (κ2) is 10.4. The average molecular weight is 695 g/mol. The topological polar surface area (TPSA) is 136 Å². The Balaban J connectivity index is 1.27. The quantitative estimate of drug-likeness (QED) is 0.183. The molecule has 1 aromatic carbocycles. The predicted molar refractivity (Wildman–Crippen MR) is 177 cm³/mol. The predicted octanol–water partition coefficient (Wildman–Crippen LogP) is 7.87. The van der Waals surface area contributed by atoms with E-state index >= 15 is 0 Å². The fourth-order valence-corrected chi connectivity index (χ4v) is 15.2. The molecule has 0 amide bonds. The molecule has 1 heterocycles. The number of rotatable bonds is 4. The van der Waals surface area contributed by atoms with E-state index in [1.54, 1.807) is 0 Å². The van der Waals surface area contributed by atoms with Gasteiger partial charge in [-0.25, -0.2) is 5.26 Å². The van der Waals surface area contributed by atoms with E-state index in [2.05, 4.69) is 52.8 Å². The van der Waals surface area contributed by atoms with E-state index in [0.717, 1.165) is 38.5 Å². The van der Waals surface area contributed by atoms with Crippen molar-refractivity contribution in [2.45, 2.75) is 148 Å². The maximum Gasteiger partial charge on any atom is 0.446 e. The summed E-state index contributed by atoms with van der Waals surface area (Å²) in [5, 5.41) is 9.40. The number of benzene rings is 1. The zero-order valence-corrected chi connectivity index (χ0v) is 30.7. The summed E-state index contributed by atoms with van der Waals surface area (Å²) in [7, 11) is -9.38. The van der Waals surface area contributed by atoms with E-state index < -0.39 is 25.9 Å². The second-order valence-corrected chi connectivity index (χ2v) is 20.7. The number of ether oxygens (including phenoxy) is 1. The van der Waals surface area contributed by atoms with Gasteiger partial charge in [-0.1, -0.05) is 48.0 Å². The molecule has 1 aromatic rings. The first-order chi connectivity index (χ1) is 21.6. The third kappa shape index (κ3) is 4.79. The van der Waals surface area contributed by atoms with Gasteiger partial charge < -0.3 is 8.92 Å². The fraction of sp³-hybridized carbons (Fsp3) is 0.833. The Kier molecular flexibility index (Phi) is 7.58. The molecular formula is C36H54O9S2. The molecular weight excluding hydrogens is 641 g/mol. The van der Waals surface area contributed by atoms with E-state index in [4.69, 9.17) is 8.92 Å². The van der Waals surface area contributed by atoms with Crippen LogP contribution >= 0.6 is 0 Å². The Morgan fingerprint density at radius 2 is 1.34 bits per heavy atom. The normalized spacial score (nSPS) is 45.7. The Morgan fingerprint density at radius 3 is 2.02 bits per heavy atom. The van der Waals surface area contributed by atoms with Crippen molar-refractivity contribution in [1.82, 2.24) is 0 Å². The van der Waals surface area contributed by atoms with Crippen LogP contribution in [0.15, 0.2) is 17.0 Å². The first-order valence-corrected chi connectivity index (χ1v) is 20.5. The Labute approximate surface area is 281 Å². The summed E-state index contributed by atoms with van der Waals surface area (Å²) in [5.41, 5.74) is 0.421. The zero-order valence-electron chi connectivity index (χ0n) is 29.1. The number of fused-ring (bicyclic) bond motifs is 10. The summed E-state index contributed by atoms with van der Waals surface area (Å²) < 4.78 is 75.8. The van der Waals surface area contributed by atoms with Gasteiger partial charge in [-0.15, -0.1) is 4.33 Å². The van der Waals surface area contributed by atoms with Crippen LogP contribution in [0, 0.1) is 45.3 Å². The van der Waals surface area contributed by atoms with Crippen LogP contribution in [0.4, 0.5) is 0 Å². The molecule has 5 fully saturated rings. The molecule has 0 spiro atoms. The molecule has 1 saturated heterocycles. The second-order valence-electron chi connectivity index (χ2n) is 18.2. The van der Waals surface area contributed by atoms with Crippen molar-refractivity contribution in [2.24, 2.45) is 45.3 Å². The van der Waals surface area contributed by atoms with E-state index in [1.807, 2.05) is 0 Å². The summed E-state index contributed by atoms with van der Waals surface area (Å²) in [6.07, 6.45) is 12.4. The van der Waals surface area contributed by atoms with Crippen molar-refractivity contribution in [2.75, 3.05) is 0 Å². The van der Waals surface area contributed by atoms with Crippen molar-refractivity contribution in [3.05, 3.63) is 23.3 Å². The lowest BCUT2D eigenvalue weighted by atomic mass is 9.36. The molecule has 0 aromatic heterocycles. The minimum absolute atomic E-state index is 0.00110. The van der Waals surface area contributed by atoms with E-state index in [9.17, 15) is 26.6 Å². The van der Waals surface area contributed by atoms with Gasteiger partial charge in [0.1, 0.15) is 10.6 Å². The minimum Gasteiger partial charge on any atom is -0.371 e. The molecule has 5 aliphatic carbocycles. The summed E-state index contributed by atoms with van der Waals surface area (Å²) in [5.74, 6) is 1.36. The van der Waals surface area contributed by atoms with Crippen molar-refractivity contribution in [3.63, 3.8) is 0 Å². The minimum atomic E-state index is -4.85. The van der Waals surface area contributed by atoms with Crippen LogP contribution < -0.4 is 4.18 Å². The highest BCUT2D eigenvalue weighted by Crippen LogP contribution is 2.74. The van der Waals surface area contributed by atoms with Gasteiger partial charge in [0, 0.05) is 5.56 Å². The summed E-state index contributed by atoms with van der Waals surface area (Å²) in [6.45, 7) is 16.8. The highest BCUT2D eigenvalue weighted by molar-refractivity contribution is 7.86.